The maximum absolute atomic E-state index is 11.0. The van der Waals surface area contributed by atoms with Gasteiger partial charge in [0.1, 0.15) is 0 Å². The highest BCUT2D eigenvalue weighted by molar-refractivity contribution is 8.01. The Hall–Kier alpha value is -0.440. The maximum atomic E-state index is 11.0. The Kier molecular flexibility index (Phi) is 6.03. The first-order valence-electron chi connectivity index (χ1n) is 3.59. The molecule has 0 aromatic carbocycles. The summed E-state index contributed by atoms with van der Waals surface area (Å²) >= 11 is 1.51. The van der Waals surface area contributed by atoms with E-state index in [1.807, 2.05) is 13.2 Å². The van der Waals surface area contributed by atoms with Crippen LogP contribution in [-0.2, 0) is 9.53 Å². The molecule has 0 aliphatic heterocycles. The lowest BCUT2D eigenvalue weighted by Crippen LogP contribution is -2.05. The van der Waals surface area contributed by atoms with Gasteiger partial charge in [-0.25, -0.2) is 4.79 Å². The summed E-state index contributed by atoms with van der Waals surface area (Å²) in [4.78, 5) is 11.0. The van der Waals surface area contributed by atoms with Crippen LogP contribution in [0.15, 0.2) is 11.0 Å². The lowest BCUT2D eigenvalue weighted by atomic mass is 10.4. The summed E-state index contributed by atoms with van der Waals surface area (Å²) < 4.78 is 4.88. The molecule has 11 heavy (non-hydrogen) atoms. The van der Waals surface area contributed by atoms with E-state index in [-0.39, 0.29) is 5.97 Å². The zero-order valence-corrected chi connectivity index (χ0v) is 8.03. The molecule has 0 unspecified atom stereocenters. The first-order chi connectivity index (χ1) is 5.22. The molecular weight excluding hydrogens is 160 g/mol. The Morgan fingerprint density at radius 1 is 1.64 bits per heavy atom. The fraction of sp³-hybridized carbons (Fsp3) is 0.625. The van der Waals surface area contributed by atoms with Gasteiger partial charge in [0.25, 0.3) is 0 Å². The molecule has 0 aromatic rings. The molecule has 0 spiro atoms. The molecule has 0 aromatic heterocycles. The molecule has 64 valence electrons. The van der Waals surface area contributed by atoms with Gasteiger partial charge in [-0.3, -0.25) is 0 Å². The third kappa shape index (κ3) is 4.90. The first-order valence-corrected chi connectivity index (χ1v) is 4.87. The zero-order valence-electron chi connectivity index (χ0n) is 7.22. The maximum Gasteiger partial charge on any atom is 0.334 e. The second-order valence-corrected chi connectivity index (χ2v) is 2.88. The fourth-order valence-electron chi connectivity index (χ4n) is 0.533. The van der Waals surface area contributed by atoms with Gasteiger partial charge in [0.05, 0.1) is 6.61 Å². The van der Waals surface area contributed by atoms with Crippen molar-refractivity contribution in [1.29, 1.82) is 0 Å². The highest BCUT2D eigenvalue weighted by atomic mass is 32.2. The van der Waals surface area contributed by atoms with Crippen LogP contribution in [0.1, 0.15) is 20.3 Å². The van der Waals surface area contributed by atoms with Crippen LogP contribution in [-0.4, -0.2) is 18.8 Å². The summed E-state index contributed by atoms with van der Waals surface area (Å²) in [5.74, 6) is -0.207. The Balaban J connectivity index is 3.73. The van der Waals surface area contributed by atoms with E-state index >= 15 is 0 Å². The molecule has 2 nitrogen and oxygen atoms in total. The molecular formula is C8H14O2S. The van der Waals surface area contributed by atoms with Gasteiger partial charge in [0.15, 0.2) is 0 Å². The third-order valence-corrected chi connectivity index (χ3v) is 1.64. The Morgan fingerprint density at radius 2 is 2.27 bits per heavy atom. The first kappa shape index (κ1) is 10.6. The van der Waals surface area contributed by atoms with E-state index in [9.17, 15) is 4.79 Å². The van der Waals surface area contributed by atoms with Crippen LogP contribution in [0.3, 0.4) is 0 Å². The van der Waals surface area contributed by atoms with Crippen LogP contribution >= 0.6 is 11.8 Å². The van der Waals surface area contributed by atoms with E-state index in [2.05, 4.69) is 0 Å². The number of carbonyl (C=O) groups is 1. The van der Waals surface area contributed by atoms with E-state index in [1.165, 1.54) is 11.8 Å². The van der Waals surface area contributed by atoms with Crippen molar-refractivity contribution in [1.82, 2.24) is 0 Å². The molecule has 0 saturated heterocycles. The highest BCUT2D eigenvalue weighted by Gasteiger charge is 2.02. The highest BCUT2D eigenvalue weighted by Crippen LogP contribution is 2.04. The topological polar surface area (TPSA) is 26.3 Å². The molecule has 0 rings (SSSR count). The van der Waals surface area contributed by atoms with Crippen molar-refractivity contribution in [3.63, 3.8) is 0 Å². The predicted octanol–water partition coefficient (Wildman–Crippen LogP) is 2.21. The molecule has 0 radical (unpaired) electrons. The molecule has 0 bridgehead atoms. The third-order valence-electron chi connectivity index (χ3n) is 1.05. The summed E-state index contributed by atoms with van der Waals surface area (Å²) in [6.45, 7) is 4.24. The molecule has 0 amide bonds. The predicted molar refractivity (Wildman–Crippen MR) is 48.5 cm³/mol. The fourth-order valence-corrected chi connectivity index (χ4v) is 0.983. The van der Waals surface area contributed by atoms with Crippen molar-refractivity contribution < 1.29 is 9.53 Å². The van der Waals surface area contributed by atoms with E-state index in [4.69, 9.17) is 4.74 Å². The number of thioether (sulfide) groups is 1. The molecule has 0 aliphatic rings. The normalized spacial score (nSPS) is 11.4. The molecule has 0 N–H and O–H groups in total. The van der Waals surface area contributed by atoms with Crippen LogP contribution in [0.5, 0.6) is 0 Å². The average Bonchev–Trinajstić information content (AvgIpc) is 2.00. The SMILES string of the molecule is CCCOC(=O)/C(C)=C/SC. The Bertz CT molecular complexity index is 152. The molecule has 0 fully saturated rings. The quantitative estimate of drug-likeness (QED) is 0.483. The van der Waals surface area contributed by atoms with Gasteiger partial charge in [-0.2, -0.15) is 0 Å². The standard InChI is InChI=1S/C8H14O2S/c1-4-5-10-8(9)7(2)6-11-3/h6H,4-5H2,1-3H3/b7-6+. The van der Waals surface area contributed by atoms with Gasteiger partial charge >= 0.3 is 5.97 Å². The molecule has 0 aliphatic carbocycles. The van der Waals surface area contributed by atoms with Gasteiger partial charge in [-0.1, -0.05) is 6.92 Å². The van der Waals surface area contributed by atoms with E-state index in [0.717, 1.165) is 6.42 Å². The number of carbonyl (C=O) groups excluding carboxylic acids is 1. The minimum Gasteiger partial charge on any atom is -0.462 e. The van der Waals surface area contributed by atoms with Crippen LogP contribution in [0.2, 0.25) is 0 Å². The molecule has 0 heterocycles. The van der Waals surface area contributed by atoms with E-state index in [0.29, 0.717) is 12.2 Å². The monoisotopic (exact) mass is 174 g/mol. The van der Waals surface area contributed by atoms with Crippen LogP contribution in [0.4, 0.5) is 0 Å². The molecule has 0 atom stereocenters. The second kappa shape index (κ2) is 6.28. The Morgan fingerprint density at radius 3 is 2.73 bits per heavy atom. The lowest BCUT2D eigenvalue weighted by molar-refractivity contribution is -0.138. The van der Waals surface area contributed by atoms with Crippen LogP contribution in [0.25, 0.3) is 0 Å². The Labute approximate surface area is 72.0 Å². The average molecular weight is 174 g/mol. The summed E-state index contributed by atoms with van der Waals surface area (Å²) in [5.41, 5.74) is 0.672. The van der Waals surface area contributed by atoms with Gasteiger partial charge in [-0.15, -0.1) is 11.8 Å². The summed E-state index contributed by atoms with van der Waals surface area (Å²) in [6.07, 6.45) is 2.79. The van der Waals surface area contributed by atoms with Crippen molar-refractivity contribution in [2.24, 2.45) is 0 Å². The largest absolute Gasteiger partial charge is 0.462 e. The minimum absolute atomic E-state index is 0.207. The van der Waals surface area contributed by atoms with Gasteiger partial charge in [-0.05, 0) is 25.0 Å². The number of hydrogen-bond donors (Lipinski definition) is 0. The zero-order chi connectivity index (χ0) is 8.69. The van der Waals surface area contributed by atoms with Crippen molar-refractivity contribution >= 4 is 17.7 Å². The second-order valence-electron chi connectivity index (χ2n) is 2.17. The number of ether oxygens (including phenoxy) is 1. The van der Waals surface area contributed by atoms with Gasteiger partial charge in [0, 0.05) is 5.57 Å². The number of rotatable bonds is 4. The lowest BCUT2D eigenvalue weighted by Gasteiger charge is -2.01. The molecule has 3 heteroatoms. The van der Waals surface area contributed by atoms with Crippen LogP contribution < -0.4 is 0 Å². The summed E-state index contributed by atoms with van der Waals surface area (Å²) in [5, 5.41) is 1.79. The number of esters is 1. The van der Waals surface area contributed by atoms with Gasteiger partial charge in [0.2, 0.25) is 0 Å². The van der Waals surface area contributed by atoms with Crippen molar-refractivity contribution in [2.75, 3.05) is 12.9 Å². The van der Waals surface area contributed by atoms with Crippen molar-refractivity contribution in [3.8, 4) is 0 Å². The molecule has 0 saturated carbocycles. The minimum atomic E-state index is -0.207. The number of hydrogen-bond acceptors (Lipinski definition) is 3. The smallest absolute Gasteiger partial charge is 0.334 e. The summed E-state index contributed by atoms with van der Waals surface area (Å²) in [6, 6.07) is 0. The van der Waals surface area contributed by atoms with Crippen molar-refractivity contribution in [3.05, 3.63) is 11.0 Å². The summed E-state index contributed by atoms with van der Waals surface area (Å²) in [7, 11) is 0. The van der Waals surface area contributed by atoms with Gasteiger partial charge < -0.3 is 4.74 Å². The van der Waals surface area contributed by atoms with E-state index in [1.54, 1.807) is 12.3 Å². The van der Waals surface area contributed by atoms with Crippen molar-refractivity contribution in [2.45, 2.75) is 20.3 Å². The van der Waals surface area contributed by atoms with Crippen LogP contribution in [0, 0.1) is 0 Å². The van der Waals surface area contributed by atoms with E-state index < -0.39 is 0 Å².